The Hall–Kier alpha value is -2.49. The van der Waals surface area contributed by atoms with Gasteiger partial charge >= 0.3 is 0 Å². The van der Waals surface area contributed by atoms with Gasteiger partial charge in [0.05, 0.1) is 6.04 Å². The molecule has 1 saturated carbocycles. The van der Waals surface area contributed by atoms with Gasteiger partial charge in [0.25, 0.3) is 5.91 Å². The van der Waals surface area contributed by atoms with E-state index in [-0.39, 0.29) is 30.7 Å². The number of carbonyl (C=O) groups excluding carboxylic acids is 3. The SMILES string of the molecule is CC(C)(C)[C@H](NC(=O)c1ccc(N2CCN(C3CC3)CC2)cc1)C(=O)N1C[C@H](N)[C@H]2OCC(=O)[C@H]21. The minimum atomic E-state index is -0.801. The molecule has 1 aromatic carbocycles. The molecule has 9 nitrogen and oxygen atoms in total. The molecule has 190 valence electrons. The molecule has 0 radical (unpaired) electrons. The first-order chi connectivity index (χ1) is 16.6. The number of hydrogen-bond donors (Lipinski definition) is 2. The van der Waals surface area contributed by atoms with Gasteiger partial charge in [-0.15, -0.1) is 0 Å². The third-order valence-electron chi connectivity index (χ3n) is 7.77. The molecule has 4 aliphatic rings. The van der Waals surface area contributed by atoms with E-state index in [0.29, 0.717) is 5.56 Å². The van der Waals surface area contributed by atoms with Crippen molar-refractivity contribution in [3.05, 3.63) is 29.8 Å². The molecule has 0 unspecified atom stereocenters. The Balaban J connectivity index is 1.25. The predicted molar refractivity (Wildman–Crippen MR) is 132 cm³/mol. The molecular weight excluding hydrogens is 446 g/mol. The highest BCUT2D eigenvalue weighted by Crippen LogP contribution is 2.31. The van der Waals surface area contributed by atoms with Crippen molar-refractivity contribution in [2.75, 3.05) is 44.2 Å². The van der Waals surface area contributed by atoms with Crippen molar-refractivity contribution in [2.24, 2.45) is 11.1 Å². The van der Waals surface area contributed by atoms with Crippen LogP contribution in [0.2, 0.25) is 0 Å². The summed E-state index contributed by atoms with van der Waals surface area (Å²) in [7, 11) is 0. The molecule has 3 saturated heterocycles. The van der Waals surface area contributed by atoms with Crippen LogP contribution in [-0.4, -0.2) is 97.0 Å². The van der Waals surface area contributed by atoms with Crippen LogP contribution in [-0.2, 0) is 14.3 Å². The fourth-order valence-electron chi connectivity index (χ4n) is 5.56. The van der Waals surface area contributed by atoms with E-state index in [1.807, 2.05) is 45.0 Å². The van der Waals surface area contributed by atoms with E-state index in [2.05, 4.69) is 15.1 Å². The first kappa shape index (κ1) is 24.2. The molecule has 35 heavy (non-hydrogen) atoms. The van der Waals surface area contributed by atoms with Crippen molar-refractivity contribution >= 4 is 23.3 Å². The van der Waals surface area contributed by atoms with Crippen molar-refractivity contribution in [3.8, 4) is 0 Å². The lowest BCUT2D eigenvalue weighted by Crippen LogP contribution is -2.57. The van der Waals surface area contributed by atoms with Crippen molar-refractivity contribution < 1.29 is 19.1 Å². The number of Topliss-reactive ketones (excluding diaryl/α,β-unsaturated/α-hetero) is 1. The second-order valence-electron chi connectivity index (χ2n) is 11.4. The number of benzene rings is 1. The number of likely N-dealkylation sites (tertiary alicyclic amines) is 1. The van der Waals surface area contributed by atoms with E-state index in [0.717, 1.165) is 37.9 Å². The van der Waals surface area contributed by atoms with Gasteiger partial charge in [0, 0.05) is 50.0 Å². The number of rotatable bonds is 5. The first-order valence-electron chi connectivity index (χ1n) is 12.7. The van der Waals surface area contributed by atoms with E-state index in [4.69, 9.17) is 10.5 Å². The smallest absolute Gasteiger partial charge is 0.251 e. The third-order valence-corrected chi connectivity index (χ3v) is 7.77. The highest BCUT2D eigenvalue weighted by Gasteiger charge is 2.53. The average Bonchev–Trinajstić information content (AvgIpc) is 3.54. The first-order valence-corrected chi connectivity index (χ1v) is 12.7. The number of nitrogens with one attached hydrogen (secondary N) is 1. The van der Waals surface area contributed by atoms with Crippen molar-refractivity contribution in [1.29, 1.82) is 0 Å². The van der Waals surface area contributed by atoms with Crippen LogP contribution in [0.15, 0.2) is 24.3 Å². The Kier molecular flexibility index (Phi) is 6.35. The number of piperazine rings is 1. The number of ketones is 1. The van der Waals surface area contributed by atoms with Gasteiger partial charge in [0.1, 0.15) is 24.8 Å². The molecule has 5 rings (SSSR count). The molecule has 4 fully saturated rings. The van der Waals surface area contributed by atoms with Crippen LogP contribution in [0.5, 0.6) is 0 Å². The minimum Gasteiger partial charge on any atom is -0.369 e. The minimum absolute atomic E-state index is 0.0265. The van der Waals surface area contributed by atoms with Crippen LogP contribution in [0.3, 0.4) is 0 Å². The lowest BCUT2D eigenvalue weighted by atomic mass is 9.85. The zero-order valence-electron chi connectivity index (χ0n) is 20.9. The molecule has 0 spiro atoms. The van der Waals surface area contributed by atoms with Crippen molar-refractivity contribution in [1.82, 2.24) is 15.1 Å². The van der Waals surface area contributed by atoms with Crippen molar-refractivity contribution in [3.63, 3.8) is 0 Å². The Morgan fingerprint density at radius 1 is 1.09 bits per heavy atom. The summed E-state index contributed by atoms with van der Waals surface area (Å²) in [6.45, 7) is 10.1. The van der Waals surface area contributed by atoms with E-state index < -0.39 is 29.6 Å². The van der Waals surface area contributed by atoms with Crippen LogP contribution in [0.1, 0.15) is 44.0 Å². The number of amides is 2. The molecule has 1 aromatic rings. The summed E-state index contributed by atoms with van der Waals surface area (Å²) in [5.41, 5.74) is 7.20. The topological polar surface area (TPSA) is 108 Å². The van der Waals surface area contributed by atoms with Gasteiger partial charge in [-0.1, -0.05) is 20.8 Å². The van der Waals surface area contributed by atoms with E-state index >= 15 is 0 Å². The summed E-state index contributed by atoms with van der Waals surface area (Å²) >= 11 is 0. The second-order valence-corrected chi connectivity index (χ2v) is 11.4. The fraction of sp³-hybridized carbons (Fsp3) is 0.654. The van der Waals surface area contributed by atoms with Crippen LogP contribution >= 0.6 is 0 Å². The Labute approximate surface area is 206 Å². The largest absolute Gasteiger partial charge is 0.369 e. The number of anilines is 1. The number of ether oxygens (including phenoxy) is 1. The normalized spacial score (nSPS) is 28.2. The lowest BCUT2D eigenvalue weighted by molar-refractivity contribution is -0.140. The van der Waals surface area contributed by atoms with E-state index in [9.17, 15) is 14.4 Å². The molecule has 4 atom stereocenters. The monoisotopic (exact) mass is 483 g/mol. The fourth-order valence-corrected chi connectivity index (χ4v) is 5.56. The Morgan fingerprint density at radius 3 is 2.34 bits per heavy atom. The average molecular weight is 484 g/mol. The quantitative estimate of drug-likeness (QED) is 0.632. The molecule has 3 heterocycles. The van der Waals surface area contributed by atoms with Gasteiger partial charge < -0.3 is 25.6 Å². The maximum absolute atomic E-state index is 13.6. The highest BCUT2D eigenvalue weighted by atomic mass is 16.5. The van der Waals surface area contributed by atoms with E-state index in [1.54, 1.807) is 0 Å². The lowest BCUT2D eigenvalue weighted by Gasteiger charge is -2.36. The summed E-state index contributed by atoms with van der Waals surface area (Å²) in [5, 5.41) is 2.94. The van der Waals surface area contributed by atoms with Crippen LogP contribution in [0, 0.1) is 5.41 Å². The summed E-state index contributed by atoms with van der Waals surface area (Å²) in [4.78, 5) is 45.6. The van der Waals surface area contributed by atoms with E-state index in [1.165, 1.54) is 17.7 Å². The second kappa shape index (κ2) is 9.19. The maximum Gasteiger partial charge on any atom is 0.251 e. The third kappa shape index (κ3) is 4.81. The molecule has 9 heteroatoms. The van der Waals surface area contributed by atoms with Crippen LogP contribution in [0.25, 0.3) is 0 Å². The summed E-state index contributed by atoms with van der Waals surface area (Å²) in [5.74, 6) is -0.737. The zero-order chi connectivity index (χ0) is 24.9. The van der Waals surface area contributed by atoms with Gasteiger partial charge in [-0.05, 0) is 42.5 Å². The highest BCUT2D eigenvalue weighted by molar-refractivity contribution is 5.99. The van der Waals surface area contributed by atoms with Crippen LogP contribution < -0.4 is 16.0 Å². The molecule has 3 aliphatic heterocycles. The zero-order valence-corrected chi connectivity index (χ0v) is 20.9. The summed E-state index contributed by atoms with van der Waals surface area (Å²) in [6, 6.07) is 6.51. The van der Waals surface area contributed by atoms with Gasteiger partial charge in [-0.3, -0.25) is 19.3 Å². The molecular formula is C26H37N5O4. The van der Waals surface area contributed by atoms with Crippen molar-refractivity contribution in [2.45, 2.75) is 63.9 Å². The molecule has 3 N–H and O–H groups in total. The van der Waals surface area contributed by atoms with Gasteiger partial charge in [0.15, 0.2) is 5.78 Å². The molecule has 1 aliphatic carbocycles. The van der Waals surface area contributed by atoms with Gasteiger partial charge in [-0.2, -0.15) is 0 Å². The number of nitrogens with two attached hydrogens (primary N) is 1. The molecule has 2 amide bonds. The van der Waals surface area contributed by atoms with Crippen LogP contribution in [0.4, 0.5) is 5.69 Å². The Morgan fingerprint density at radius 2 is 1.74 bits per heavy atom. The van der Waals surface area contributed by atoms with Gasteiger partial charge in [0.2, 0.25) is 5.91 Å². The number of fused-ring (bicyclic) bond motifs is 1. The molecule has 0 aromatic heterocycles. The number of nitrogens with zero attached hydrogens (tertiary/aromatic N) is 3. The standard InChI is InChI=1S/C26H37N5O4/c1-26(2,3)23(25(34)31-14-19(27)22-21(31)20(32)15-35-22)28-24(33)16-4-6-17(7-5-16)29-10-12-30(13-11-29)18-8-9-18/h4-7,18-19,21-23H,8-15,27H2,1-3H3,(H,28,33)/t19-,21+,22+,23+/m0/s1. The Bertz CT molecular complexity index is 978. The number of hydrogen-bond acceptors (Lipinski definition) is 7. The maximum atomic E-state index is 13.6. The summed E-state index contributed by atoms with van der Waals surface area (Å²) < 4.78 is 5.52. The molecule has 0 bridgehead atoms. The predicted octanol–water partition coefficient (Wildman–Crippen LogP) is 0.622. The van der Waals surface area contributed by atoms with Gasteiger partial charge in [-0.25, -0.2) is 0 Å². The number of carbonyl (C=O) groups is 3. The summed E-state index contributed by atoms with van der Waals surface area (Å²) in [6.07, 6.45) is 2.19.